The maximum absolute atomic E-state index is 5.88. The molecular weight excluding hydrogens is 238 g/mol. The lowest BCUT2D eigenvalue weighted by Crippen LogP contribution is -2.24. The number of fused-ring (bicyclic) bond motifs is 1. The van der Waals surface area contributed by atoms with Gasteiger partial charge in [0, 0.05) is 31.4 Å². The van der Waals surface area contributed by atoms with Crippen molar-refractivity contribution >= 4 is 0 Å². The van der Waals surface area contributed by atoms with Gasteiger partial charge in [0.1, 0.15) is 11.4 Å². The molecule has 0 saturated carbocycles. The molecule has 3 rings (SSSR count). The van der Waals surface area contributed by atoms with Crippen molar-refractivity contribution in [3.8, 4) is 5.75 Å². The van der Waals surface area contributed by atoms with Gasteiger partial charge in [0.15, 0.2) is 0 Å². The summed E-state index contributed by atoms with van der Waals surface area (Å²) in [6.07, 6.45) is 4.52. The molecule has 2 N–H and O–H groups in total. The van der Waals surface area contributed by atoms with Crippen molar-refractivity contribution in [2.75, 3.05) is 0 Å². The van der Waals surface area contributed by atoms with Gasteiger partial charge in [0.2, 0.25) is 0 Å². The van der Waals surface area contributed by atoms with Gasteiger partial charge in [-0.3, -0.25) is 0 Å². The summed E-state index contributed by atoms with van der Waals surface area (Å²) in [6.45, 7) is 5.91. The van der Waals surface area contributed by atoms with Gasteiger partial charge in [0.25, 0.3) is 0 Å². The third kappa shape index (κ3) is 2.79. The van der Waals surface area contributed by atoms with Crippen LogP contribution in [0.25, 0.3) is 0 Å². The minimum Gasteiger partial charge on any atom is -0.487 e. The Labute approximate surface area is 113 Å². The van der Waals surface area contributed by atoms with E-state index in [0.717, 1.165) is 31.0 Å². The summed E-state index contributed by atoms with van der Waals surface area (Å²) in [6, 6.07) is 6.45. The number of nitrogens with zero attached hydrogens (tertiary/aromatic N) is 1. The monoisotopic (exact) mass is 257 g/mol. The molecular formula is C15H19N3O. The molecule has 19 heavy (non-hydrogen) atoms. The van der Waals surface area contributed by atoms with E-state index in [-0.39, 0.29) is 5.60 Å². The Morgan fingerprint density at radius 3 is 3.05 bits per heavy atom. The van der Waals surface area contributed by atoms with E-state index < -0.39 is 0 Å². The minimum atomic E-state index is -0.0652. The zero-order valence-corrected chi connectivity index (χ0v) is 11.4. The van der Waals surface area contributed by atoms with Crippen molar-refractivity contribution in [1.29, 1.82) is 0 Å². The molecule has 2 heterocycles. The first kappa shape index (κ1) is 12.2. The summed E-state index contributed by atoms with van der Waals surface area (Å²) in [7, 11) is 0. The number of aromatic nitrogens is 2. The van der Waals surface area contributed by atoms with E-state index in [9.17, 15) is 0 Å². The molecule has 100 valence electrons. The van der Waals surface area contributed by atoms with Crippen molar-refractivity contribution in [3.63, 3.8) is 0 Å². The van der Waals surface area contributed by atoms with Gasteiger partial charge in [-0.05, 0) is 31.0 Å². The van der Waals surface area contributed by atoms with Crippen LogP contribution in [0.4, 0.5) is 0 Å². The van der Waals surface area contributed by atoms with Crippen LogP contribution in [0.3, 0.4) is 0 Å². The van der Waals surface area contributed by atoms with Crippen LogP contribution in [0.1, 0.15) is 30.7 Å². The molecule has 1 aromatic heterocycles. The third-order valence-corrected chi connectivity index (χ3v) is 3.33. The van der Waals surface area contributed by atoms with Gasteiger partial charge < -0.3 is 15.0 Å². The first-order valence-corrected chi connectivity index (χ1v) is 6.61. The number of benzene rings is 1. The Balaban J connectivity index is 1.61. The number of hydrogen-bond donors (Lipinski definition) is 2. The van der Waals surface area contributed by atoms with Crippen molar-refractivity contribution in [2.45, 2.75) is 39.0 Å². The number of rotatable bonds is 4. The molecule has 0 aliphatic carbocycles. The molecule has 0 fully saturated rings. The minimum absolute atomic E-state index is 0.0652. The number of H-pyrrole nitrogens is 1. The van der Waals surface area contributed by atoms with Gasteiger partial charge in [-0.25, -0.2) is 4.98 Å². The van der Waals surface area contributed by atoms with Gasteiger partial charge in [-0.2, -0.15) is 0 Å². The predicted octanol–water partition coefficient (Wildman–Crippen LogP) is 2.41. The Kier molecular flexibility index (Phi) is 3.03. The Morgan fingerprint density at radius 2 is 2.26 bits per heavy atom. The highest BCUT2D eigenvalue weighted by Gasteiger charge is 2.29. The average Bonchev–Trinajstić information content (AvgIpc) is 2.94. The Morgan fingerprint density at radius 1 is 1.37 bits per heavy atom. The highest BCUT2D eigenvalue weighted by atomic mass is 16.5. The van der Waals surface area contributed by atoms with Crippen LogP contribution < -0.4 is 10.1 Å². The second kappa shape index (κ2) is 4.70. The molecule has 0 unspecified atom stereocenters. The van der Waals surface area contributed by atoms with E-state index in [4.69, 9.17) is 4.74 Å². The van der Waals surface area contributed by atoms with E-state index in [1.807, 2.05) is 6.20 Å². The van der Waals surface area contributed by atoms with E-state index in [0.29, 0.717) is 0 Å². The van der Waals surface area contributed by atoms with Crippen LogP contribution in [-0.2, 0) is 19.5 Å². The van der Waals surface area contributed by atoms with Crippen molar-refractivity contribution in [2.24, 2.45) is 0 Å². The molecule has 4 nitrogen and oxygen atoms in total. The molecule has 1 aliphatic rings. The normalized spacial score (nSPS) is 16.1. The van der Waals surface area contributed by atoms with Crippen LogP contribution in [0.2, 0.25) is 0 Å². The largest absolute Gasteiger partial charge is 0.487 e. The molecule has 0 radical (unpaired) electrons. The third-order valence-electron chi connectivity index (χ3n) is 3.33. The van der Waals surface area contributed by atoms with E-state index in [1.165, 1.54) is 11.1 Å². The summed E-state index contributed by atoms with van der Waals surface area (Å²) in [5.74, 6) is 1.03. The van der Waals surface area contributed by atoms with Gasteiger partial charge in [0.05, 0.1) is 6.33 Å². The number of hydrogen-bond acceptors (Lipinski definition) is 3. The van der Waals surface area contributed by atoms with Gasteiger partial charge in [-0.1, -0.05) is 12.1 Å². The Hall–Kier alpha value is -1.81. The fourth-order valence-corrected chi connectivity index (χ4v) is 2.50. The molecule has 2 aromatic rings. The zero-order valence-electron chi connectivity index (χ0n) is 11.4. The standard InChI is InChI=1S/C15H19N3O/c1-15(2)6-12-5-11(3-4-14(12)19-15)7-16-8-13-9-17-10-18-13/h3-5,9-10,16H,6-8H2,1-2H3,(H,17,18). The fourth-order valence-electron chi connectivity index (χ4n) is 2.50. The molecule has 0 bridgehead atoms. The maximum atomic E-state index is 5.88. The topological polar surface area (TPSA) is 49.9 Å². The molecule has 0 atom stereocenters. The highest BCUT2D eigenvalue weighted by molar-refractivity contribution is 5.41. The van der Waals surface area contributed by atoms with Crippen molar-refractivity contribution in [1.82, 2.24) is 15.3 Å². The lowest BCUT2D eigenvalue weighted by Gasteiger charge is -2.16. The van der Waals surface area contributed by atoms with Crippen molar-refractivity contribution in [3.05, 3.63) is 47.5 Å². The van der Waals surface area contributed by atoms with Crippen LogP contribution in [0.15, 0.2) is 30.7 Å². The highest BCUT2D eigenvalue weighted by Crippen LogP contribution is 2.35. The van der Waals surface area contributed by atoms with E-state index >= 15 is 0 Å². The number of imidazole rings is 1. The van der Waals surface area contributed by atoms with E-state index in [2.05, 4.69) is 47.3 Å². The van der Waals surface area contributed by atoms with Crippen LogP contribution >= 0.6 is 0 Å². The first-order chi connectivity index (χ1) is 9.12. The molecule has 0 saturated heterocycles. The van der Waals surface area contributed by atoms with Gasteiger partial charge in [-0.15, -0.1) is 0 Å². The quantitative estimate of drug-likeness (QED) is 0.884. The Bertz CT molecular complexity index is 561. The summed E-state index contributed by atoms with van der Waals surface area (Å²) < 4.78 is 5.88. The first-order valence-electron chi connectivity index (χ1n) is 6.61. The van der Waals surface area contributed by atoms with E-state index in [1.54, 1.807) is 6.33 Å². The molecule has 1 aromatic carbocycles. The molecule has 1 aliphatic heterocycles. The smallest absolute Gasteiger partial charge is 0.123 e. The molecule has 0 amide bonds. The van der Waals surface area contributed by atoms with Crippen LogP contribution in [0.5, 0.6) is 5.75 Å². The lowest BCUT2D eigenvalue weighted by molar-refractivity contribution is 0.138. The maximum Gasteiger partial charge on any atom is 0.123 e. The SMILES string of the molecule is CC1(C)Cc2cc(CNCc3cnc[nH]3)ccc2O1. The number of ether oxygens (including phenoxy) is 1. The summed E-state index contributed by atoms with van der Waals surface area (Å²) in [5, 5.41) is 3.40. The lowest BCUT2D eigenvalue weighted by atomic mass is 10.0. The molecule has 0 spiro atoms. The second-order valence-corrected chi connectivity index (χ2v) is 5.66. The summed E-state index contributed by atoms with van der Waals surface area (Å²) >= 11 is 0. The van der Waals surface area contributed by atoms with Gasteiger partial charge >= 0.3 is 0 Å². The van der Waals surface area contributed by atoms with Crippen LogP contribution in [-0.4, -0.2) is 15.6 Å². The predicted molar refractivity (Wildman–Crippen MR) is 74.0 cm³/mol. The average molecular weight is 257 g/mol. The number of nitrogens with one attached hydrogen (secondary N) is 2. The molecule has 4 heteroatoms. The summed E-state index contributed by atoms with van der Waals surface area (Å²) in [5.41, 5.74) is 3.64. The number of aromatic amines is 1. The van der Waals surface area contributed by atoms with Crippen molar-refractivity contribution < 1.29 is 4.74 Å². The zero-order chi connectivity index (χ0) is 13.3. The fraction of sp³-hybridized carbons (Fsp3) is 0.400. The van der Waals surface area contributed by atoms with Crippen LogP contribution in [0, 0.1) is 0 Å². The summed E-state index contributed by atoms with van der Waals surface area (Å²) in [4.78, 5) is 7.08. The second-order valence-electron chi connectivity index (χ2n) is 5.66.